The molecule has 0 atom stereocenters. The molecule has 8 heteroatoms. The summed E-state index contributed by atoms with van der Waals surface area (Å²) >= 11 is 0. The molecule has 1 aromatic carbocycles. The van der Waals surface area contributed by atoms with E-state index in [-0.39, 0.29) is 11.3 Å². The van der Waals surface area contributed by atoms with Gasteiger partial charge >= 0.3 is 6.61 Å². The number of benzene rings is 1. The zero-order valence-electron chi connectivity index (χ0n) is 11.5. The molecule has 2 heterocycles. The van der Waals surface area contributed by atoms with Gasteiger partial charge < -0.3 is 15.4 Å². The van der Waals surface area contributed by atoms with E-state index < -0.39 is 12.5 Å². The van der Waals surface area contributed by atoms with Crippen LogP contribution in [0.1, 0.15) is 21.6 Å². The molecule has 1 aliphatic rings. The standard InChI is InChI=1S/C14H14F2N4O2/c15-14(16)22-11-4-2-1-3-8(11)13(21)18-12-9-7-17-6-5-10(9)19-20-12/h1-4,14,17H,5-7H2,(H2,18,19,20,21). The Bertz CT molecular complexity index is 687. The lowest BCUT2D eigenvalue weighted by atomic mass is 10.1. The second-order valence-electron chi connectivity index (χ2n) is 4.78. The number of rotatable bonds is 4. The van der Waals surface area contributed by atoms with Crippen LogP contribution in [-0.2, 0) is 13.0 Å². The SMILES string of the molecule is O=C(Nc1n[nH]c2c1CNCC2)c1ccccc1OC(F)F. The maximum Gasteiger partial charge on any atom is 0.387 e. The van der Waals surface area contributed by atoms with Crippen molar-refractivity contribution in [3.8, 4) is 5.75 Å². The maximum atomic E-state index is 12.4. The van der Waals surface area contributed by atoms with Crippen molar-refractivity contribution in [1.29, 1.82) is 0 Å². The first-order valence-electron chi connectivity index (χ1n) is 6.77. The smallest absolute Gasteiger partial charge is 0.387 e. The molecule has 0 saturated heterocycles. The highest BCUT2D eigenvalue weighted by molar-refractivity contribution is 6.06. The Balaban J connectivity index is 1.82. The number of ether oxygens (including phenoxy) is 1. The van der Waals surface area contributed by atoms with Gasteiger partial charge in [0.15, 0.2) is 5.82 Å². The van der Waals surface area contributed by atoms with Crippen LogP contribution in [0.3, 0.4) is 0 Å². The minimum Gasteiger partial charge on any atom is -0.434 e. The van der Waals surface area contributed by atoms with Gasteiger partial charge in [-0.05, 0) is 12.1 Å². The number of aromatic amines is 1. The zero-order chi connectivity index (χ0) is 15.5. The number of fused-ring (bicyclic) bond motifs is 1. The third-order valence-electron chi connectivity index (χ3n) is 3.39. The zero-order valence-corrected chi connectivity index (χ0v) is 11.5. The molecule has 0 bridgehead atoms. The Morgan fingerprint density at radius 3 is 3.00 bits per heavy atom. The fourth-order valence-corrected chi connectivity index (χ4v) is 2.36. The maximum absolute atomic E-state index is 12.4. The Morgan fingerprint density at radius 1 is 1.36 bits per heavy atom. The predicted octanol–water partition coefficient (Wildman–Crippen LogP) is 1.91. The molecule has 3 rings (SSSR count). The molecule has 6 nitrogen and oxygen atoms in total. The van der Waals surface area contributed by atoms with E-state index in [2.05, 4.69) is 25.6 Å². The van der Waals surface area contributed by atoms with Gasteiger partial charge in [-0.25, -0.2) is 0 Å². The van der Waals surface area contributed by atoms with Gasteiger partial charge in [-0.1, -0.05) is 12.1 Å². The third-order valence-corrected chi connectivity index (χ3v) is 3.39. The minimum absolute atomic E-state index is 0.0309. The lowest BCUT2D eigenvalue weighted by molar-refractivity contribution is -0.0501. The van der Waals surface area contributed by atoms with Crippen LogP contribution in [0.2, 0.25) is 0 Å². The van der Waals surface area contributed by atoms with E-state index in [1.807, 2.05) is 0 Å². The van der Waals surface area contributed by atoms with Crippen LogP contribution in [0.4, 0.5) is 14.6 Å². The Kier molecular flexibility index (Phi) is 4.01. The number of amides is 1. The van der Waals surface area contributed by atoms with E-state index in [4.69, 9.17) is 0 Å². The van der Waals surface area contributed by atoms with Gasteiger partial charge in [0, 0.05) is 30.8 Å². The Morgan fingerprint density at radius 2 is 2.18 bits per heavy atom. The first-order chi connectivity index (χ1) is 10.6. The molecule has 0 radical (unpaired) electrons. The van der Waals surface area contributed by atoms with Crippen LogP contribution in [0, 0.1) is 0 Å². The molecule has 0 saturated carbocycles. The summed E-state index contributed by atoms with van der Waals surface area (Å²) in [6.45, 7) is -1.55. The van der Waals surface area contributed by atoms with Gasteiger partial charge in [-0.3, -0.25) is 9.89 Å². The molecular formula is C14H14F2N4O2. The first kappa shape index (κ1) is 14.5. The molecule has 116 valence electrons. The molecule has 1 aromatic heterocycles. The van der Waals surface area contributed by atoms with E-state index >= 15 is 0 Å². The third kappa shape index (κ3) is 2.91. The molecule has 1 amide bonds. The molecule has 0 unspecified atom stereocenters. The van der Waals surface area contributed by atoms with Crippen molar-refractivity contribution in [3.63, 3.8) is 0 Å². The predicted molar refractivity (Wildman–Crippen MR) is 75.0 cm³/mol. The van der Waals surface area contributed by atoms with Crippen LogP contribution in [0.15, 0.2) is 24.3 Å². The molecule has 2 aromatic rings. The van der Waals surface area contributed by atoms with Crippen LogP contribution in [0.25, 0.3) is 0 Å². The molecule has 0 fully saturated rings. The number of halogens is 2. The highest BCUT2D eigenvalue weighted by Crippen LogP contribution is 2.24. The average molecular weight is 308 g/mol. The second-order valence-corrected chi connectivity index (χ2v) is 4.78. The van der Waals surface area contributed by atoms with Gasteiger partial charge in [0.25, 0.3) is 5.91 Å². The van der Waals surface area contributed by atoms with Crippen molar-refractivity contribution in [2.75, 3.05) is 11.9 Å². The summed E-state index contributed by atoms with van der Waals surface area (Å²) in [6, 6.07) is 5.84. The number of para-hydroxylation sites is 1. The molecule has 22 heavy (non-hydrogen) atoms. The second kappa shape index (κ2) is 6.10. The van der Waals surface area contributed by atoms with Crippen molar-refractivity contribution >= 4 is 11.7 Å². The summed E-state index contributed by atoms with van der Waals surface area (Å²) in [6.07, 6.45) is 0.795. The summed E-state index contributed by atoms with van der Waals surface area (Å²) in [4.78, 5) is 12.3. The monoisotopic (exact) mass is 308 g/mol. The summed E-state index contributed by atoms with van der Waals surface area (Å²) in [5, 5.41) is 12.8. The first-order valence-corrected chi connectivity index (χ1v) is 6.77. The minimum atomic E-state index is -2.99. The van der Waals surface area contributed by atoms with Crippen molar-refractivity contribution in [1.82, 2.24) is 15.5 Å². The van der Waals surface area contributed by atoms with E-state index in [0.29, 0.717) is 12.4 Å². The summed E-state index contributed by atoms with van der Waals surface area (Å²) in [7, 11) is 0. The van der Waals surface area contributed by atoms with Gasteiger partial charge in [0.05, 0.1) is 5.56 Å². The number of nitrogens with one attached hydrogen (secondary N) is 3. The number of aromatic nitrogens is 2. The number of hydrogen-bond acceptors (Lipinski definition) is 4. The fourth-order valence-electron chi connectivity index (χ4n) is 2.36. The number of H-pyrrole nitrogens is 1. The lowest BCUT2D eigenvalue weighted by Crippen LogP contribution is -2.24. The molecule has 3 N–H and O–H groups in total. The molecule has 0 aliphatic carbocycles. The summed E-state index contributed by atoms with van der Waals surface area (Å²) in [5.41, 5.74) is 1.88. The quantitative estimate of drug-likeness (QED) is 0.806. The highest BCUT2D eigenvalue weighted by atomic mass is 19.3. The van der Waals surface area contributed by atoms with E-state index in [0.717, 1.165) is 24.2 Å². The van der Waals surface area contributed by atoms with Crippen LogP contribution in [0.5, 0.6) is 5.75 Å². The Hall–Kier alpha value is -2.48. The highest BCUT2D eigenvalue weighted by Gasteiger charge is 2.20. The average Bonchev–Trinajstić information content (AvgIpc) is 2.90. The van der Waals surface area contributed by atoms with Gasteiger partial charge in [0.1, 0.15) is 5.75 Å². The number of carbonyl (C=O) groups is 1. The lowest BCUT2D eigenvalue weighted by Gasteiger charge is -2.14. The topological polar surface area (TPSA) is 79.0 Å². The van der Waals surface area contributed by atoms with E-state index in [1.165, 1.54) is 18.2 Å². The summed E-state index contributed by atoms with van der Waals surface area (Å²) in [5.74, 6) is -0.312. The fraction of sp³-hybridized carbons (Fsp3) is 0.286. The van der Waals surface area contributed by atoms with Crippen molar-refractivity contribution in [2.24, 2.45) is 0 Å². The Labute approximate surface area is 124 Å². The van der Waals surface area contributed by atoms with E-state index in [1.54, 1.807) is 6.07 Å². The molecule has 0 spiro atoms. The van der Waals surface area contributed by atoms with Gasteiger partial charge in [0.2, 0.25) is 0 Å². The van der Waals surface area contributed by atoms with Crippen molar-refractivity contribution < 1.29 is 18.3 Å². The number of nitrogens with zero attached hydrogens (tertiary/aromatic N) is 1. The van der Waals surface area contributed by atoms with Crippen LogP contribution >= 0.6 is 0 Å². The van der Waals surface area contributed by atoms with Gasteiger partial charge in [-0.2, -0.15) is 13.9 Å². The molecular weight excluding hydrogens is 294 g/mol. The van der Waals surface area contributed by atoms with Crippen LogP contribution < -0.4 is 15.4 Å². The molecule has 1 aliphatic heterocycles. The largest absolute Gasteiger partial charge is 0.434 e. The van der Waals surface area contributed by atoms with Crippen LogP contribution in [-0.4, -0.2) is 29.3 Å². The van der Waals surface area contributed by atoms with Crippen molar-refractivity contribution in [2.45, 2.75) is 19.6 Å². The van der Waals surface area contributed by atoms with Crippen molar-refractivity contribution in [3.05, 3.63) is 41.1 Å². The normalized spacial score (nSPS) is 13.8. The van der Waals surface area contributed by atoms with Gasteiger partial charge in [-0.15, -0.1) is 0 Å². The number of carbonyl (C=O) groups excluding carboxylic acids is 1. The number of hydrogen-bond donors (Lipinski definition) is 3. The van der Waals surface area contributed by atoms with E-state index in [9.17, 15) is 13.6 Å². The number of anilines is 1. The summed E-state index contributed by atoms with van der Waals surface area (Å²) < 4.78 is 29.1. The number of alkyl halides is 2.